The van der Waals surface area contributed by atoms with Gasteiger partial charge < -0.3 is 19.3 Å². The molecule has 35 heavy (non-hydrogen) atoms. The molecule has 0 spiro atoms. The number of hydrogen-bond acceptors (Lipinski definition) is 7. The summed E-state index contributed by atoms with van der Waals surface area (Å²) < 4.78 is 10.7. The minimum absolute atomic E-state index is 0.0245. The molecule has 1 saturated heterocycles. The number of para-hydroxylation sites is 3. The van der Waals surface area contributed by atoms with Crippen LogP contribution < -0.4 is 14.5 Å². The second kappa shape index (κ2) is 12.3. The molecule has 0 radical (unpaired) electrons. The Balaban J connectivity index is 1.34. The maximum absolute atomic E-state index is 13.5. The van der Waals surface area contributed by atoms with Gasteiger partial charge in [0, 0.05) is 43.4 Å². The lowest BCUT2D eigenvalue weighted by Gasteiger charge is -2.37. The Morgan fingerprint density at radius 1 is 1.00 bits per heavy atom. The molecule has 0 saturated carbocycles. The van der Waals surface area contributed by atoms with Crippen molar-refractivity contribution in [3.63, 3.8) is 0 Å². The lowest BCUT2D eigenvalue weighted by atomic mass is 10.1. The number of amides is 1. The predicted octanol–water partition coefficient (Wildman–Crippen LogP) is 3.92. The zero-order valence-electron chi connectivity index (χ0n) is 20.7. The molecule has 0 aromatic heterocycles. The normalized spacial score (nSPS) is 18.7. The van der Waals surface area contributed by atoms with E-state index in [9.17, 15) is 9.59 Å². The Bertz CT molecular complexity index is 1010. The van der Waals surface area contributed by atoms with E-state index >= 15 is 0 Å². The summed E-state index contributed by atoms with van der Waals surface area (Å²) >= 11 is 1.65. The molecule has 0 aliphatic carbocycles. The van der Waals surface area contributed by atoms with Crippen LogP contribution in [0.3, 0.4) is 0 Å². The Morgan fingerprint density at radius 3 is 2.46 bits per heavy atom. The highest BCUT2D eigenvalue weighted by Crippen LogP contribution is 2.37. The van der Waals surface area contributed by atoms with Gasteiger partial charge in [-0.1, -0.05) is 24.3 Å². The van der Waals surface area contributed by atoms with Crippen molar-refractivity contribution in [1.82, 2.24) is 4.90 Å². The first kappa shape index (κ1) is 25.4. The lowest BCUT2D eigenvalue weighted by Crippen LogP contribution is -2.47. The summed E-state index contributed by atoms with van der Waals surface area (Å²) in [6, 6.07) is 16.2. The zero-order valence-corrected chi connectivity index (χ0v) is 21.5. The Kier molecular flexibility index (Phi) is 8.93. The van der Waals surface area contributed by atoms with Gasteiger partial charge in [-0.15, -0.1) is 11.8 Å². The fourth-order valence-electron chi connectivity index (χ4n) is 4.76. The first-order valence-electron chi connectivity index (χ1n) is 12.4. The standard InChI is InChI=1S/C27H35N3O4S/c1-3-34-26(31)19-21-20-35-25-12-7-5-10-23(25)30(27(21)32)14-8-13-28-15-17-29(18-16-28)22-9-4-6-11-24(22)33-2/h4-7,9-12,21H,3,8,13-20H2,1-2H3. The van der Waals surface area contributed by atoms with E-state index in [1.165, 1.54) is 0 Å². The van der Waals surface area contributed by atoms with Gasteiger partial charge in [0.2, 0.25) is 5.91 Å². The van der Waals surface area contributed by atoms with Crippen molar-refractivity contribution in [2.75, 3.05) is 68.5 Å². The minimum atomic E-state index is -0.365. The van der Waals surface area contributed by atoms with E-state index in [1.807, 2.05) is 41.3 Å². The number of thioether (sulfide) groups is 1. The van der Waals surface area contributed by atoms with E-state index in [0.29, 0.717) is 18.9 Å². The summed E-state index contributed by atoms with van der Waals surface area (Å²) in [7, 11) is 1.72. The number of fused-ring (bicyclic) bond motifs is 1. The van der Waals surface area contributed by atoms with Crippen LogP contribution in [0, 0.1) is 5.92 Å². The molecule has 0 N–H and O–H groups in total. The van der Waals surface area contributed by atoms with Crippen molar-refractivity contribution in [3.8, 4) is 5.75 Å². The molecule has 188 valence electrons. The number of anilines is 2. The van der Waals surface area contributed by atoms with E-state index in [0.717, 1.165) is 61.2 Å². The van der Waals surface area contributed by atoms with Crippen LogP contribution in [0.25, 0.3) is 0 Å². The molecule has 4 rings (SSSR count). The van der Waals surface area contributed by atoms with E-state index in [-0.39, 0.29) is 24.2 Å². The molecule has 1 unspecified atom stereocenters. The highest BCUT2D eigenvalue weighted by molar-refractivity contribution is 7.99. The quantitative estimate of drug-likeness (QED) is 0.487. The molecule has 1 amide bonds. The minimum Gasteiger partial charge on any atom is -0.495 e. The number of methoxy groups -OCH3 is 1. The molecular formula is C27H35N3O4S. The third-order valence-corrected chi connectivity index (χ3v) is 7.81. The van der Waals surface area contributed by atoms with E-state index in [1.54, 1.807) is 25.8 Å². The van der Waals surface area contributed by atoms with E-state index < -0.39 is 0 Å². The SMILES string of the molecule is CCOC(=O)CC1CSc2ccccc2N(CCCN2CCN(c3ccccc3OC)CC2)C1=O. The average molecular weight is 498 g/mol. The van der Waals surface area contributed by atoms with Crippen molar-refractivity contribution in [1.29, 1.82) is 0 Å². The number of hydrogen-bond donors (Lipinski definition) is 0. The smallest absolute Gasteiger partial charge is 0.306 e. The van der Waals surface area contributed by atoms with Gasteiger partial charge in [-0.05, 0) is 44.2 Å². The molecule has 7 nitrogen and oxygen atoms in total. The van der Waals surface area contributed by atoms with Crippen molar-refractivity contribution < 1.29 is 19.1 Å². The Labute approximate surface area is 212 Å². The number of rotatable bonds is 9. The summed E-state index contributed by atoms with van der Waals surface area (Å²) in [4.78, 5) is 33.4. The monoisotopic (exact) mass is 497 g/mol. The van der Waals surface area contributed by atoms with E-state index in [4.69, 9.17) is 9.47 Å². The van der Waals surface area contributed by atoms with Crippen LogP contribution in [0.5, 0.6) is 5.75 Å². The lowest BCUT2D eigenvalue weighted by molar-refractivity contribution is -0.145. The van der Waals surface area contributed by atoms with Crippen molar-refractivity contribution in [2.24, 2.45) is 5.92 Å². The molecule has 2 aliphatic heterocycles. The van der Waals surface area contributed by atoms with Gasteiger partial charge in [-0.2, -0.15) is 0 Å². The topological polar surface area (TPSA) is 62.3 Å². The molecule has 8 heteroatoms. The summed E-state index contributed by atoms with van der Waals surface area (Å²) in [5.74, 6) is 0.864. The van der Waals surface area contributed by atoms with Crippen molar-refractivity contribution in [3.05, 3.63) is 48.5 Å². The second-order valence-electron chi connectivity index (χ2n) is 8.83. The molecule has 0 bridgehead atoms. The predicted molar refractivity (Wildman–Crippen MR) is 141 cm³/mol. The fourth-order valence-corrected chi connectivity index (χ4v) is 5.90. The number of ether oxygens (including phenoxy) is 2. The van der Waals surface area contributed by atoms with Crippen LogP contribution in [-0.2, 0) is 14.3 Å². The second-order valence-corrected chi connectivity index (χ2v) is 9.89. The third-order valence-electron chi connectivity index (χ3n) is 6.58. The molecule has 2 heterocycles. The van der Waals surface area contributed by atoms with Gasteiger partial charge in [0.25, 0.3) is 0 Å². The number of esters is 1. The number of piperazine rings is 1. The maximum atomic E-state index is 13.5. The highest BCUT2D eigenvalue weighted by Gasteiger charge is 2.32. The molecular weight excluding hydrogens is 462 g/mol. The van der Waals surface area contributed by atoms with Crippen LogP contribution in [0.15, 0.2) is 53.4 Å². The van der Waals surface area contributed by atoms with Crippen LogP contribution >= 0.6 is 11.8 Å². The molecule has 2 aliphatic rings. The Morgan fingerprint density at radius 2 is 1.71 bits per heavy atom. The highest BCUT2D eigenvalue weighted by atomic mass is 32.2. The number of benzene rings is 2. The first-order valence-corrected chi connectivity index (χ1v) is 13.4. The largest absolute Gasteiger partial charge is 0.495 e. The van der Waals surface area contributed by atoms with Crippen LogP contribution in [0.2, 0.25) is 0 Å². The number of carbonyl (C=O) groups is 2. The van der Waals surface area contributed by atoms with Gasteiger partial charge >= 0.3 is 5.97 Å². The Hall–Kier alpha value is -2.71. The molecule has 1 atom stereocenters. The van der Waals surface area contributed by atoms with Crippen LogP contribution in [0.4, 0.5) is 11.4 Å². The number of nitrogens with zero attached hydrogens (tertiary/aromatic N) is 3. The fraction of sp³-hybridized carbons (Fsp3) is 0.481. The van der Waals surface area contributed by atoms with Crippen LogP contribution in [-0.4, -0.2) is 75.5 Å². The van der Waals surface area contributed by atoms with Crippen LogP contribution in [0.1, 0.15) is 19.8 Å². The van der Waals surface area contributed by atoms with Crippen molar-refractivity contribution >= 4 is 35.0 Å². The van der Waals surface area contributed by atoms with Gasteiger partial charge in [0.15, 0.2) is 0 Å². The average Bonchev–Trinajstić information content (AvgIpc) is 3.01. The molecule has 1 fully saturated rings. The summed E-state index contributed by atoms with van der Waals surface area (Å²) in [5, 5.41) is 0. The molecule has 2 aromatic rings. The summed E-state index contributed by atoms with van der Waals surface area (Å²) in [5.41, 5.74) is 2.10. The van der Waals surface area contributed by atoms with Gasteiger partial charge in [-0.3, -0.25) is 14.5 Å². The zero-order chi connectivity index (χ0) is 24.6. The maximum Gasteiger partial charge on any atom is 0.306 e. The van der Waals surface area contributed by atoms with Gasteiger partial charge in [-0.25, -0.2) is 0 Å². The number of carbonyl (C=O) groups excluding carboxylic acids is 2. The van der Waals surface area contributed by atoms with Crippen molar-refractivity contribution in [2.45, 2.75) is 24.7 Å². The van der Waals surface area contributed by atoms with Gasteiger partial charge in [0.05, 0.1) is 37.4 Å². The molecule has 2 aromatic carbocycles. The van der Waals surface area contributed by atoms with Gasteiger partial charge in [0.1, 0.15) is 5.75 Å². The van der Waals surface area contributed by atoms with E-state index in [2.05, 4.69) is 21.9 Å². The third kappa shape index (κ3) is 6.30. The first-order chi connectivity index (χ1) is 17.1. The summed E-state index contributed by atoms with van der Waals surface area (Å²) in [6.45, 7) is 7.55. The summed E-state index contributed by atoms with van der Waals surface area (Å²) in [6.07, 6.45) is 1.01.